The number of hydrogen-bond acceptors (Lipinski definition) is 0. The molecule has 0 fully saturated rings. The van der Waals surface area contributed by atoms with Crippen LogP contribution in [-0.4, -0.2) is 0 Å². The Balaban J connectivity index is -0.0000000750. The minimum atomic E-state index is 0. The summed E-state index contributed by atoms with van der Waals surface area (Å²) in [5, 5.41) is 0. The van der Waals surface area contributed by atoms with E-state index in [9.17, 15) is 0 Å². The number of hydrogen-bond donors (Lipinski definition) is 0. The Labute approximate surface area is 116 Å². The van der Waals surface area contributed by atoms with E-state index in [2.05, 4.69) is 19.1 Å². The average molecular weight is 269 g/mol. The monoisotopic (exact) mass is 269 g/mol. The Morgan fingerprint density at radius 1 is 1.14 bits per heavy atom. The number of rotatable bonds is 1. The molecule has 0 N–H and O–H groups in total. The Morgan fingerprint density at radius 3 is 1.86 bits per heavy atom. The molecular weight excluding hydrogens is 245 g/mol. The van der Waals surface area contributed by atoms with E-state index in [1.807, 2.05) is 45.9 Å². The zero-order valence-electron chi connectivity index (χ0n) is 10.6. The van der Waals surface area contributed by atoms with Crippen LogP contribution in [-0.2, 0) is 39.1 Å². The van der Waals surface area contributed by atoms with Crippen LogP contribution in [0.15, 0.2) is 24.3 Å². The van der Waals surface area contributed by atoms with Crippen molar-refractivity contribution in [3.63, 3.8) is 0 Å². The fourth-order valence-corrected chi connectivity index (χ4v) is 0.650. The fraction of sp³-hybridized carbons (Fsp3) is 0.462. The summed E-state index contributed by atoms with van der Waals surface area (Å²) in [6.45, 7) is 10.1. The molecule has 1 rings (SSSR count). The summed E-state index contributed by atoms with van der Waals surface area (Å²) < 4.78 is 0. The SMILES string of the molecule is CC.CC.CCc1c[c-]ccc1.[CH3-].[Y]. The van der Waals surface area contributed by atoms with E-state index < -0.39 is 0 Å². The average Bonchev–Trinajstić information content (AvgIpc) is 2.25. The normalized spacial score (nSPS) is 6.07. The van der Waals surface area contributed by atoms with Gasteiger partial charge in [0, 0.05) is 32.7 Å². The van der Waals surface area contributed by atoms with Crippen LogP contribution in [0.4, 0.5) is 0 Å². The molecule has 1 aromatic carbocycles. The van der Waals surface area contributed by atoms with E-state index in [0.717, 1.165) is 6.42 Å². The van der Waals surface area contributed by atoms with Crippen molar-refractivity contribution in [2.45, 2.75) is 41.0 Å². The summed E-state index contributed by atoms with van der Waals surface area (Å²) in [6, 6.07) is 11.1. The van der Waals surface area contributed by atoms with Gasteiger partial charge in [-0.1, -0.05) is 41.0 Å². The van der Waals surface area contributed by atoms with Crippen molar-refractivity contribution in [3.8, 4) is 0 Å². The molecule has 0 spiro atoms. The van der Waals surface area contributed by atoms with Crippen molar-refractivity contribution in [1.82, 2.24) is 0 Å². The quantitative estimate of drug-likeness (QED) is 0.656. The summed E-state index contributed by atoms with van der Waals surface area (Å²) in [4.78, 5) is 0. The van der Waals surface area contributed by atoms with E-state index in [1.54, 1.807) is 0 Å². The van der Waals surface area contributed by atoms with E-state index in [1.165, 1.54) is 5.56 Å². The first-order valence-corrected chi connectivity index (χ1v) is 4.88. The molecule has 0 aliphatic heterocycles. The third-order valence-corrected chi connectivity index (χ3v) is 1.18. The second-order valence-electron chi connectivity index (χ2n) is 1.77. The predicted molar refractivity (Wildman–Crippen MR) is 63.8 cm³/mol. The summed E-state index contributed by atoms with van der Waals surface area (Å²) in [7, 11) is 0. The summed E-state index contributed by atoms with van der Waals surface area (Å²) >= 11 is 0. The predicted octanol–water partition coefficient (Wildman–Crippen LogP) is 4.55. The van der Waals surface area contributed by atoms with E-state index in [4.69, 9.17) is 0 Å². The number of aryl methyl sites for hydroxylation is 1. The van der Waals surface area contributed by atoms with Crippen molar-refractivity contribution < 1.29 is 32.7 Å². The molecule has 81 valence electrons. The van der Waals surface area contributed by atoms with E-state index in [0.29, 0.717) is 0 Å². The van der Waals surface area contributed by atoms with Gasteiger partial charge in [0.15, 0.2) is 0 Å². The van der Waals surface area contributed by atoms with Gasteiger partial charge in [0.1, 0.15) is 0 Å². The summed E-state index contributed by atoms with van der Waals surface area (Å²) in [5.74, 6) is 0. The molecule has 1 aromatic rings. The van der Waals surface area contributed by atoms with Crippen molar-refractivity contribution in [2.24, 2.45) is 0 Å². The van der Waals surface area contributed by atoms with Gasteiger partial charge >= 0.3 is 0 Å². The molecule has 0 nitrogen and oxygen atoms in total. The largest absolute Gasteiger partial charge is 0.358 e. The molecular formula is C13H24Y-2. The van der Waals surface area contributed by atoms with Gasteiger partial charge in [0.05, 0.1) is 0 Å². The first kappa shape index (κ1) is 23.9. The molecule has 0 saturated heterocycles. The van der Waals surface area contributed by atoms with Gasteiger partial charge < -0.3 is 7.43 Å². The molecule has 0 atom stereocenters. The zero-order chi connectivity index (χ0) is 9.82. The van der Waals surface area contributed by atoms with Gasteiger partial charge in [0.25, 0.3) is 0 Å². The van der Waals surface area contributed by atoms with Gasteiger partial charge in [0.2, 0.25) is 0 Å². The third kappa shape index (κ3) is 14.8. The fourth-order valence-electron chi connectivity index (χ4n) is 0.650. The molecule has 14 heavy (non-hydrogen) atoms. The van der Waals surface area contributed by atoms with Crippen LogP contribution in [0.3, 0.4) is 0 Å². The first-order chi connectivity index (χ1) is 5.93. The molecule has 1 heteroatoms. The maximum atomic E-state index is 3.01. The van der Waals surface area contributed by atoms with Crippen LogP contribution in [0.1, 0.15) is 40.2 Å². The molecule has 0 bridgehead atoms. The van der Waals surface area contributed by atoms with Gasteiger partial charge in [-0.25, -0.2) is 0 Å². The minimum absolute atomic E-state index is 0. The van der Waals surface area contributed by atoms with Crippen LogP contribution in [0.25, 0.3) is 0 Å². The summed E-state index contributed by atoms with van der Waals surface area (Å²) in [6.07, 6.45) is 1.11. The van der Waals surface area contributed by atoms with Gasteiger partial charge in [-0.15, -0.1) is 0 Å². The maximum absolute atomic E-state index is 3.01. The molecule has 0 aromatic heterocycles. The second-order valence-corrected chi connectivity index (χ2v) is 1.77. The topological polar surface area (TPSA) is 0 Å². The molecule has 0 amide bonds. The third-order valence-electron chi connectivity index (χ3n) is 1.18. The second kappa shape index (κ2) is 23.3. The van der Waals surface area contributed by atoms with Gasteiger partial charge in [-0.2, -0.15) is 35.9 Å². The Kier molecular flexibility index (Phi) is 39.7. The number of benzene rings is 1. The maximum Gasteiger partial charge on any atom is 0 e. The molecule has 0 aliphatic rings. The van der Waals surface area contributed by atoms with Crippen molar-refractivity contribution in [1.29, 1.82) is 0 Å². The first-order valence-electron chi connectivity index (χ1n) is 4.88. The van der Waals surface area contributed by atoms with Crippen LogP contribution in [0.2, 0.25) is 0 Å². The smallest absolute Gasteiger partial charge is 0 e. The van der Waals surface area contributed by atoms with Crippen LogP contribution < -0.4 is 0 Å². The van der Waals surface area contributed by atoms with Gasteiger partial charge in [-0.3, -0.25) is 0 Å². The van der Waals surface area contributed by atoms with Gasteiger partial charge in [-0.05, 0) is 0 Å². The van der Waals surface area contributed by atoms with Crippen LogP contribution >= 0.6 is 0 Å². The summed E-state index contributed by atoms with van der Waals surface area (Å²) in [5.41, 5.74) is 1.35. The molecule has 0 saturated carbocycles. The van der Waals surface area contributed by atoms with Crippen molar-refractivity contribution >= 4 is 0 Å². The molecule has 0 aliphatic carbocycles. The van der Waals surface area contributed by atoms with Crippen molar-refractivity contribution in [2.75, 3.05) is 0 Å². The van der Waals surface area contributed by atoms with E-state index in [-0.39, 0.29) is 40.1 Å². The molecule has 0 heterocycles. The Bertz CT molecular complexity index is 147. The zero-order valence-corrected chi connectivity index (χ0v) is 13.4. The minimum Gasteiger partial charge on any atom is -0.358 e. The van der Waals surface area contributed by atoms with Crippen molar-refractivity contribution in [3.05, 3.63) is 43.3 Å². The Morgan fingerprint density at radius 2 is 1.64 bits per heavy atom. The molecule has 1 radical (unpaired) electrons. The van der Waals surface area contributed by atoms with Crippen LogP contribution in [0, 0.1) is 13.5 Å². The van der Waals surface area contributed by atoms with E-state index >= 15 is 0 Å². The Hall–Kier alpha value is 0.324. The van der Waals surface area contributed by atoms with Crippen LogP contribution in [0.5, 0.6) is 0 Å². The molecule has 0 unspecified atom stereocenters. The standard InChI is InChI=1S/C8H9.2C2H6.CH3.Y/c1-2-8-6-4-3-5-7-8;2*1-2;;/h3-4,6-7H,2H2,1H3;2*1-2H3;1H3;/q-1;;;-1;.